The largest absolute Gasteiger partial charge is 0.472 e. The summed E-state index contributed by atoms with van der Waals surface area (Å²) < 4.78 is 68.6. The van der Waals surface area contributed by atoms with Gasteiger partial charge in [0.05, 0.1) is 26.4 Å². The molecule has 0 aromatic heterocycles. The number of hydrogen-bond donors (Lipinski definition) is 3. The molecule has 0 rings (SSSR count). The van der Waals surface area contributed by atoms with E-state index in [9.17, 15) is 43.2 Å². The van der Waals surface area contributed by atoms with Crippen molar-refractivity contribution in [3.63, 3.8) is 0 Å². The van der Waals surface area contributed by atoms with Gasteiger partial charge in [-0.05, 0) is 148 Å². The van der Waals surface area contributed by atoms with E-state index in [1.807, 2.05) is 12.2 Å². The van der Waals surface area contributed by atoms with E-state index in [0.29, 0.717) is 32.1 Å². The maximum Gasteiger partial charge on any atom is 0.472 e. The number of esters is 4. The van der Waals surface area contributed by atoms with Crippen molar-refractivity contribution >= 4 is 39.5 Å². The fraction of sp³-hybridized carbons (Fsp3) is 0.741. The zero-order valence-corrected chi connectivity index (χ0v) is 67.5. The van der Waals surface area contributed by atoms with E-state index in [0.717, 1.165) is 173 Å². The summed E-state index contributed by atoms with van der Waals surface area (Å²) in [5.41, 5.74) is 0. The highest BCUT2D eigenvalue weighted by Gasteiger charge is 2.30. The highest BCUT2D eigenvalue weighted by molar-refractivity contribution is 7.47. The van der Waals surface area contributed by atoms with E-state index in [1.165, 1.54) is 89.9 Å². The van der Waals surface area contributed by atoms with Gasteiger partial charge in [-0.1, -0.05) is 285 Å². The Bertz CT molecular complexity index is 2390. The van der Waals surface area contributed by atoms with Gasteiger partial charge >= 0.3 is 39.5 Å². The Labute approximate surface area is 632 Å². The summed E-state index contributed by atoms with van der Waals surface area (Å²) in [6, 6.07) is 0. The molecular formula is C85H148O17P2. The Morgan fingerprint density at radius 2 is 0.490 bits per heavy atom. The first-order valence-corrected chi connectivity index (χ1v) is 44.1. The molecule has 0 saturated heterocycles. The van der Waals surface area contributed by atoms with Crippen molar-refractivity contribution in [2.24, 2.45) is 0 Å². The third-order valence-corrected chi connectivity index (χ3v) is 19.1. The maximum atomic E-state index is 13.1. The fourth-order valence-corrected chi connectivity index (χ4v) is 12.4. The van der Waals surface area contributed by atoms with Crippen LogP contribution in [0.25, 0.3) is 0 Å². The summed E-state index contributed by atoms with van der Waals surface area (Å²) in [4.78, 5) is 73.0. The molecule has 0 aromatic carbocycles. The lowest BCUT2D eigenvalue weighted by Gasteiger charge is -2.21. The molecule has 0 aliphatic rings. The molecule has 17 nitrogen and oxygen atoms in total. The number of unbranched alkanes of at least 4 members (excludes halogenated alkanes) is 33. The van der Waals surface area contributed by atoms with Crippen LogP contribution >= 0.6 is 15.6 Å². The van der Waals surface area contributed by atoms with Crippen molar-refractivity contribution in [1.29, 1.82) is 0 Å². The molecule has 104 heavy (non-hydrogen) atoms. The van der Waals surface area contributed by atoms with E-state index in [-0.39, 0.29) is 25.7 Å². The Hall–Kier alpha value is -4.28. The minimum Gasteiger partial charge on any atom is -0.462 e. The van der Waals surface area contributed by atoms with Crippen molar-refractivity contribution in [3.05, 3.63) is 109 Å². The van der Waals surface area contributed by atoms with E-state index in [2.05, 4.69) is 125 Å². The van der Waals surface area contributed by atoms with Crippen molar-refractivity contribution in [3.8, 4) is 0 Å². The molecule has 0 aliphatic carbocycles. The van der Waals surface area contributed by atoms with Crippen molar-refractivity contribution in [2.75, 3.05) is 39.6 Å². The first kappa shape index (κ1) is 99.7. The van der Waals surface area contributed by atoms with Crippen LogP contribution in [0.3, 0.4) is 0 Å². The Kier molecular flexibility index (Phi) is 73.7. The predicted octanol–water partition coefficient (Wildman–Crippen LogP) is 24.1. The van der Waals surface area contributed by atoms with Crippen LogP contribution in [0.4, 0.5) is 0 Å². The van der Waals surface area contributed by atoms with Crippen LogP contribution in [0.5, 0.6) is 0 Å². The first-order chi connectivity index (χ1) is 50.7. The molecule has 3 N–H and O–H groups in total. The molecule has 0 aromatic rings. The topological polar surface area (TPSA) is 237 Å². The minimum atomic E-state index is -5.00. The van der Waals surface area contributed by atoms with Crippen LogP contribution in [-0.4, -0.2) is 96.7 Å². The van der Waals surface area contributed by atoms with Gasteiger partial charge in [0.1, 0.15) is 19.3 Å². The zero-order chi connectivity index (χ0) is 76.0. The molecule has 19 heteroatoms. The molecule has 2 unspecified atom stereocenters. The van der Waals surface area contributed by atoms with Gasteiger partial charge in [-0.25, -0.2) is 9.13 Å². The van der Waals surface area contributed by atoms with Gasteiger partial charge in [0.2, 0.25) is 0 Å². The molecule has 0 amide bonds. The minimum absolute atomic E-state index is 0.0368. The SMILES string of the molecule is CCCCC/C=C\C/C=C\C/C=C\C/C=C\C/C=C\CCC(=O)OC[C@H](COP(=O)(O)OC[C@@H](O)COP(=O)(O)OC[C@@H](COC(=O)CCCCCCC/C=C\C/C=C\CCCCC)OC(=O)CCCCCCCCC/C=C\CCCCCC)OC(=O)CCCCCCCCC/C=C\CCCCCC. The number of carbonyl (C=O) groups excluding carboxylic acids is 4. The van der Waals surface area contributed by atoms with E-state index in [1.54, 1.807) is 0 Å². The van der Waals surface area contributed by atoms with Crippen LogP contribution in [-0.2, 0) is 65.4 Å². The molecule has 600 valence electrons. The lowest BCUT2D eigenvalue weighted by atomic mass is 10.1. The van der Waals surface area contributed by atoms with Crippen LogP contribution in [0.15, 0.2) is 109 Å². The fourth-order valence-electron chi connectivity index (χ4n) is 10.9. The van der Waals surface area contributed by atoms with Crippen molar-refractivity contribution < 1.29 is 80.2 Å². The summed E-state index contributed by atoms with van der Waals surface area (Å²) >= 11 is 0. The Morgan fingerprint density at radius 1 is 0.269 bits per heavy atom. The highest BCUT2D eigenvalue weighted by Crippen LogP contribution is 2.45. The lowest BCUT2D eigenvalue weighted by molar-refractivity contribution is -0.161. The Balaban J connectivity index is 5.43. The van der Waals surface area contributed by atoms with Crippen LogP contribution < -0.4 is 0 Å². The number of allylic oxidation sites excluding steroid dienone is 18. The van der Waals surface area contributed by atoms with Gasteiger partial charge in [-0.3, -0.25) is 37.3 Å². The van der Waals surface area contributed by atoms with Crippen molar-refractivity contribution in [2.45, 2.75) is 367 Å². The standard InChI is InChI=1S/C85H148O17P2/c1-5-9-13-17-21-25-29-33-37-38-39-40-44-46-50-54-58-62-66-70-83(88)96-76-81(102-85(90)72-68-64-60-56-52-48-43-36-32-28-24-20-16-12-8-4)78-100-104(93,94)98-74-79(86)73-97-103(91,92)99-77-80(101-84(89)71-67-63-59-55-51-47-42-35-31-27-23-19-15-11-7-3)75-95-82(87)69-65-61-57-53-49-45-41-34-30-26-22-18-14-10-6-2/h21-22,25-28,31-34,37,39-41,46,50,58,62,79-81,86H,5-20,23-24,29-30,35-36,38,42-45,47-49,51-57,59-61,63-78H2,1-4H3,(H,91,92)(H,93,94)/b25-21-,26-22-,31-27-,32-28-,37-33-,40-39-,41-34-,50-46-,62-58-/t79-,80+,81+/m0/s1. The lowest BCUT2D eigenvalue weighted by Crippen LogP contribution is -2.30. The second-order valence-corrected chi connectivity index (χ2v) is 30.3. The van der Waals surface area contributed by atoms with E-state index in [4.69, 9.17) is 37.0 Å². The van der Waals surface area contributed by atoms with Gasteiger partial charge in [0.15, 0.2) is 12.2 Å². The third kappa shape index (κ3) is 75.9. The normalized spacial score (nSPS) is 14.4. The number of carbonyl (C=O) groups is 4. The number of phosphoric acid groups is 2. The van der Waals surface area contributed by atoms with Gasteiger partial charge in [-0.2, -0.15) is 0 Å². The zero-order valence-electron chi connectivity index (χ0n) is 65.7. The van der Waals surface area contributed by atoms with Gasteiger partial charge in [0.25, 0.3) is 0 Å². The molecule has 0 spiro atoms. The summed E-state index contributed by atoms with van der Waals surface area (Å²) in [5, 5.41) is 10.6. The molecule has 0 fully saturated rings. The molecule has 0 bridgehead atoms. The predicted molar refractivity (Wildman–Crippen MR) is 427 cm³/mol. The average molecular weight is 1500 g/mol. The number of aliphatic hydroxyl groups is 1. The number of hydrogen-bond acceptors (Lipinski definition) is 15. The second-order valence-electron chi connectivity index (χ2n) is 27.3. The number of ether oxygens (including phenoxy) is 4. The highest BCUT2D eigenvalue weighted by atomic mass is 31.2. The van der Waals surface area contributed by atoms with Crippen LogP contribution in [0.2, 0.25) is 0 Å². The quantitative estimate of drug-likeness (QED) is 0.0169. The second kappa shape index (κ2) is 76.9. The molecular weight excluding hydrogens is 1350 g/mol. The number of rotatable bonds is 77. The summed E-state index contributed by atoms with van der Waals surface area (Å²) in [7, 11) is -9.98. The third-order valence-electron chi connectivity index (χ3n) is 17.2. The maximum absolute atomic E-state index is 13.1. The summed E-state index contributed by atoms with van der Waals surface area (Å²) in [6.07, 6.45) is 83.5. The summed E-state index contributed by atoms with van der Waals surface area (Å²) in [6.45, 7) is 4.73. The average Bonchev–Trinajstić information content (AvgIpc) is 0.918. The van der Waals surface area contributed by atoms with Crippen LogP contribution in [0, 0.1) is 0 Å². The smallest absolute Gasteiger partial charge is 0.462 e. The molecule has 0 saturated carbocycles. The molecule has 0 aliphatic heterocycles. The first-order valence-electron chi connectivity index (χ1n) is 41.1. The monoisotopic (exact) mass is 1500 g/mol. The molecule has 5 atom stereocenters. The van der Waals surface area contributed by atoms with E-state index >= 15 is 0 Å². The number of aliphatic hydroxyl groups excluding tert-OH is 1. The van der Waals surface area contributed by atoms with Gasteiger partial charge < -0.3 is 33.8 Å². The summed E-state index contributed by atoms with van der Waals surface area (Å²) in [5.74, 6) is -2.28. The molecule has 0 heterocycles. The number of phosphoric ester groups is 2. The Morgan fingerprint density at radius 3 is 0.808 bits per heavy atom. The van der Waals surface area contributed by atoms with Crippen LogP contribution in [0.1, 0.15) is 349 Å². The van der Waals surface area contributed by atoms with Gasteiger partial charge in [-0.15, -0.1) is 0 Å². The van der Waals surface area contributed by atoms with Crippen molar-refractivity contribution in [1.82, 2.24) is 0 Å². The van der Waals surface area contributed by atoms with E-state index < -0.39 is 97.5 Å². The molecule has 0 radical (unpaired) electrons. The van der Waals surface area contributed by atoms with Gasteiger partial charge in [0, 0.05) is 25.7 Å².